The Morgan fingerprint density at radius 3 is 2.59 bits per heavy atom. The van der Waals surface area contributed by atoms with Gasteiger partial charge in [0.1, 0.15) is 16.5 Å². The topological polar surface area (TPSA) is 138 Å². The van der Waals surface area contributed by atoms with Crippen molar-refractivity contribution in [3.05, 3.63) is 65.9 Å². The van der Waals surface area contributed by atoms with Crippen LogP contribution < -0.4 is 20.3 Å². The highest BCUT2D eigenvalue weighted by Crippen LogP contribution is 2.38. The number of hydrogen-bond donors (Lipinski definition) is 3. The van der Waals surface area contributed by atoms with E-state index >= 15 is 0 Å². The highest BCUT2D eigenvalue weighted by molar-refractivity contribution is 7.91. The molecule has 11 heteroatoms. The molecule has 1 saturated carbocycles. The van der Waals surface area contributed by atoms with E-state index in [1.54, 1.807) is 30.3 Å². The average Bonchev–Trinajstić information content (AvgIpc) is 2.99. The van der Waals surface area contributed by atoms with Crippen LogP contribution in [0.15, 0.2) is 64.5 Å². The second kappa shape index (κ2) is 10.7. The maximum Gasteiger partial charge on any atom is 0.259 e. The van der Waals surface area contributed by atoms with Crippen LogP contribution in [0.1, 0.15) is 53.3 Å². The number of fused-ring (bicyclic) bond motifs is 2. The van der Waals surface area contributed by atoms with Gasteiger partial charge in [-0.3, -0.25) is 9.59 Å². The van der Waals surface area contributed by atoms with Crippen molar-refractivity contribution in [3.63, 3.8) is 0 Å². The van der Waals surface area contributed by atoms with Gasteiger partial charge in [0.05, 0.1) is 40.7 Å². The van der Waals surface area contributed by atoms with Gasteiger partial charge in [-0.15, -0.1) is 0 Å². The summed E-state index contributed by atoms with van der Waals surface area (Å²) in [5.74, 6) is -0.0326. The molecule has 39 heavy (non-hydrogen) atoms. The second-order valence-electron chi connectivity index (χ2n) is 9.65. The summed E-state index contributed by atoms with van der Waals surface area (Å²) >= 11 is 0. The summed E-state index contributed by atoms with van der Waals surface area (Å²) in [6.45, 7) is 2.16. The molecule has 2 aliphatic rings. The van der Waals surface area contributed by atoms with Crippen LogP contribution >= 0.6 is 0 Å². The number of rotatable bonds is 6. The summed E-state index contributed by atoms with van der Waals surface area (Å²) in [5, 5.41) is 15.8. The number of nitrogens with zero attached hydrogens (tertiary/aromatic N) is 2. The molecule has 1 fully saturated rings. The highest BCUT2D eigenvalue weighted by atomic mass is 32.2. The van der Waals surface area contributed by atoms with Crippen molar-refractivity contribution in [2.24, 2.45) is 0 Å². The lowest BCUT2D eigenvalue weighted by atomic mass is 9.93. The molecule has 0 saturated heterocycles. The first kappa shape index (κ1) is 26.6. The van der Waals surface area contributed by atoms with Gasteiger partial charge in [0.2, 0.25) is 9.84 Å². The van der Waals surface area contributed by atoms with E-state index in [1.807, 2.05) is 6.92 Å². The molecule has 1 aliphatic carbocycles. The molecular formula is C28H30N4O6S. The van der Waals surface area contributed by atoms with E-state index in [-0.39, 0.29) is 44.9 Å². The van der Waals surface area contributed by atoms with Gasteiger partial charge in [-0.25, -0.2) is 13.4 Å². The number of carbonyl (C=O) groups excluding carboxylic acids is 2. The van der Waals surface area contributed by atoms with Crippen molar-refractivity contribution >= 4 is 38.8 Å². The molecule has 3 aromatic rings. The standard InChI is InChI=1S/C28H30N4O6S/c1-3-38-23-14-17(27(34)30-18-9-11-19(33)12-10-18)8-13-21(23)31-26-15-25-22(16-29-26)32(2)28(35)20-6-4-5-7-24(20)39(25,36)37/h4-8,13-16,18-19,33H,3,9-12H2,1-2H3,(H,29,31)(H,30,34). The molecule has 3 N–H and O–H groups in total. The largest absolute Gasteiger partial charge is 0.492 e. The van der Waals surface area contributed by atoms with Gasteiger partial charge in [0, 0.05) is 24.7 Å². The predicted octanol–water partition coefficient (Wildman–Crippen LogP) is 3.68. The molecule has 5 rings (SSSR count). The molecule has 2 heterocycles. The van der Waals surface area contributed by atoms with Crippen LogP contribution in [0.5, 0.6) is 5.75 Å². The van der Waals surface area contributed by atoms with Gasteiger partial charge in [-0.1, -0.05) is 12.1 Å². The molecule has 0 unspecified atom stereocenters. The van der Waals surface area contributed by atoms with Crippen LogP contribution in [0.2, 0.25) is 0 Å². The minimum absolute atomic E-state index is 0.00937. The van der Waals surface area contributed by atoms with Crippen molar-refractivity contribution in [2.45, 2.75) is 54.5 Å². The fraction of sp³-hybridized carbons (Fsp3) is 0.321. The quantitative estimate of drug-likeness (QED) is 0.423. The SMILES string of the molecule is CCOc1cc(C(=O)NC2CCC(O)CC2)ccc1Nc1cc2c(cn1)N(C)C(=O)c1ccccc1S2(=O)=O. The Kier molecular flexibility index (Phi) is 7.28. The van der Waals surface area contributed by atoms with Crippen LogP contribution in [0.25, 0.3) is 0 Å². The molecule has 204 valence electrons. The lowest BCUT2D eigenvalue weighted by Gasteiger charge is -2.26. The Morgan fingerprint density at radius 1 is 1.10 bits per heavy atom. The van der Waals surface area contributed by atoms with E-state index < -0.39 is 15.7 Å². The lowest BCUT2D eigenvalue weighted by molar-refractivity contribution is 0.0867. The van der Waals surface area contributed by atoms with Gasteiger partial charge >= 0.3 is 0 Å². The minimum atomic E-state index is -4.02. The van der Waals surface area contributed by atoms with E-state index in [9.17, 15) is 23.1 Å². The molecule has 10 nitrogen and oxygen atoms in total. The molecule has 0 spiro atoms. The third-order valence-electron chi connectivity index (χ3n) is 7.05. The normalized spacial score (nSPS) is 19.9. The number of pyridine rings is 1. The molecular weight excluding hydrogens is 520 g/mol. The third-order valence-corrected chi connectivity index (χ3v) is 8.89. The molecule has 0 radical (unpaired) electrons. The number of anilines is 3. The number of benzene rings is 2. The van der Waals surface area contributed by atoms with Crippen molar-refractivity contribution in [1.29, 1.82) is 0 Å². The van der Waals surface area contributed by atoms with Crippen molar-refractivity contribution < 1.29 is 27.9 Å². The van der Waals surface area contributed by atoms with Gasteiger partial charge in [-0.2, -0.15) is 0 Å². The Hall–Kier alpha value is -3.96. The van der Waals surface area contributed by atoms with E-state index in [2.05, 4.69) is 15.6 Å². The van der Waals surface area contributed by atoms with Gasteiger partial charge in [0.25, 0.3) is 11.8 Å². The van der Waals surface area contributed by atoms with Crippen LogP contribution in [-0.4, -0.2) is 56.1 Å². The van der Waals surface area contributed by atoms with Crippen LogP contribution in [0, 0.1) is 0 Å². The molecule has 2 amide bonds. The van der Waals surface area contributed by atoms with Crippen LogP contribution in [0.4, 0.5) is 17.2 Å². The molecule has 0 bridgehead atoms. The number of hydrogen-bond acceptors (Lipinski definition) is 8. The van der Waals surface area contributed by atoms with E-state index in [1.165, 1.54) is 36.3 Å². The van der Waals surface area contributed by atoms with Gasteiger partial charge in [0.15, 0.2) is 0 Å². The lowest BCUT2D eigenvalue weighted by Crippen LogP contribution is -2.38. The zero-order chi connectivity index (χ0) is 27.7. The number of aliphatic hydroxyl groups is 1. The molecule has 2 aromatic carbocycles. The zero-order valence-corrected chi connectivity index (χ0v) is 22.5. The number of nitrogens with one attached hydrogen (secondary N) is 2. The van der Waals surface area contributed by atoms with E-state index in [4.69, 9.17) is 4.74 Å². The van der Waals surface area contributed by atoms with E-state index in [0.29, 0.717) is 36.4 Å². The monoisotopic (exact) mass is 550 g/mol. The Morgan fingerprint density at radius 2 is 1.85 bits per heavy atom. The number of aliphatic hydroxyl groups excluding tert-OH is 1. The minimum Gasteiger partial charge on any atom is -0.492 e. The zero-order valence-electron chi connectivity index (χ0n) is 21.7. The van der Waals surface area contributed by atoms with Crippen LogP contribution in [-0.2, 0) is 9.84 Å². The van der Waals surface area contributed by atoms with Gasteiger partial charge in [-0.05, 0) is 62.9 Å². The average molecular weight is 551 g/mol. The smallest absolute Gasteiger partial charge is 0.259 e. The Balaban J connectivity index is 1.44. The fourth-order valence-electron chi connectivity index (χ4n) is 4.92. The number of sulfone groups is 1. The highest BCUT2D eigenvalue weighted by Gasteiger charge is 2.34. The van der Waals surface area contributed by atoms with E-state index in [0.717, 1.165) is 12.8 Å². The summed E-state index contributed by atoms with van der Waals surface area (Å²) in [7, 11) is -2.50. The van der Waals surface area contributed by atoms with Crippen molar-refractivity contribution in [2.75, 3.05) is 23.9 Å². The van der Waals surface area contributed by atoms with Crippen molar-refractivity contribution in [1.82, 2.24) is 10.3 Å². The second-order valence-corrected chi connectivity index (χ2v) is 11.5. The first-order valence-electron chi connectivity index (χ1n) is 12.8. The Bertz CT molecular complexity index is 1530. The fourth-order valence-corrected chi connectivity index (χ4v) is 6.59. The van der Waals surface area contributed by atoms with Crippen LogP contribution in [0.3, 0.4) is 0 Å². The molecule has 1 aromatic heterocycles. The number of ether oxygens (including phenoxy) is 1. The van der Waals surface area contributed by atoms with Crippen molar-refractivity contribution in [3.8, 4) is 5.75 Å². The summed E-state index contributed by atoms with van der Waals surface area (Å²) in [6, 6.07) is 12.5. The Labute approximate surface area is 226 Å². The summed E-state index contributed by atoms with van der Waals surface area (Å²) in [6.07, 6.45) is 3.82. The summed E-state index contributed by atoms with van der Waals surface area (Å²) < 4.78 is 32.9. The maximum absolute atomic E-state index is 13.6. The predicted molar refractivity (Wildman–Crippen MR) is 145 cm³/mol. The first-order valence-corrected chi connectivity index (χ1v) is 14.3. The number of aromatic nitrogens is 1. The number of carbonyl (C=O) groups is 2. The van der Waals surface area contributed by atoms with Gasteiger partial charge < -0.3 is 25.4 Å². The summed E-state index contributed by atoms with van der Waals surface area (Å²) in [4.78, 5) is 31.4. The molecule has 1 aliphatic heterocycles. The molecule has 0 atom stereocenters. The maximum atomic E-state index is 13.6. The first-order chi connectivity index (χ1) is 18.7. The number of amides is 2. The third kappa shape index (κ3) is 5.19. The summed E-state index contributed by atoms with van der Waals surface area (Å²) in [5.41, 5.74) is 1.19.